The van der Waals surface area contributed by atoms with E-state index in [2.05, 4.69) is 10.5 Å². The van der Waals surface area contributed by atoms with Gasteiger partial charge in [0, 0.05) is 12.1 Å². The number of carbonyl (C=O) groups is 1. The van der Waals surface area contributed by atoms with Crippen LogP contribution >= 0.6 is 0 Å². The number of carbonyl (C=O) groups excluding carboxylic acids is 1. The third kappa shape index (κ3) is 3.74. The number of rotatable bonds is 6. The van der Waals surface area contributed by atoms with Crippen molar-refractivity contribution in [1.82, 2.24) is 10.5 Å². The maximum atomic E-state index is 11.6. The third-order valence-corrected chi connectivity index (χ3v) is 2.55. The van der Waals surface area contributed by atoms with Gasteiger partial charge in [0.2, 0.25) is 5.76 Å². The second-order valence-corrected chi connectivity index (χ2v) is 4.12. The maximum Gasteiger partial charge on any atom is 0.290 e. The van der Waals surface area contributed by atoms with Crippen molar-refractivity contribution in [3.8, 4) is 11.5 Å². The predicted molar refractivity (Wildman–Crippen MR) is 72.1 cm³/mol. The van der Waals surface area contributed by atoms with Crippen LogP contribution in [0.3, 0.4) is 0 Å². The molecule has 0 spiro atoms. The molecule has 106 valence electrons. The molecule has 2 aromatic rings. The molecular formula is C14H16N2O4. The van der Waals surface area contributed by atoms with Crippen LogP contribution in [-0.2, 0) is 0 Å². The van der Waals surface area contributed by atoms with Gasteiger partial charge in [-0.2, -0.15) is 0 Å². The summed E-state index contributed by atoms with van der Waals surface area (Å²) >= 11 is 0. The molecule has 0 fully saturated rings. The molecule has 6 heteroatoms. The van der Waals surface area contributed by atoms with Crippen LogP contribution in [0.25, 0.3) is 0 Å². The summed E-state index contributed by atoms with van der Waals surface area (Å²) in [5.74, 6) is 1.31. The zero-order valence-electron chi connectivity index (χ0n) is 11.4. The van der Waals surface area contributed by atoms with Gasteiger partial charge in [-0.05, 0) is 19.1 Å². The zero-order valence-corrected chi connectivity index (χ0v) is 11.4. The topological polar surface area (TPSA) is 73.6 Å². The van der Waals surface area contributed by atoms with E-state index in [0.29, 0.717) is 24.6 Å². The van der Waals surface area contributed by atoms with Gasteiger partial charge in [0.15, 0.2) is 0 Å². The first-order valence-electron chi connectivity index (χ1n) is 6.17. The van der Waals surface area contributed by atoms with Crippen LogP contribution in [0, 0.1) is 6.92 Å². The lowest BCUT2D eigenvalue weighted by Crippen LogP contribution is -2.27. The van der Waals surface area contributed by atoms with E-state index < -0.39 is 0 Å². The molecule has 0 aliphatic carbocycles. The molecule has 2 rings (SSSR count). The van der Waals surface area contributed by atoms with E-state index in [0.717, 1.165) is 5.75 Å². The summed E-state index contributed by atoms with van der Waals surface area (Å²) in [7, 11) is 1.60. The maximum absolute atomic E-state index is 11.6. The van der Waals surface area contributed by atoms with Crippen molar-refractivity contribution in [3.63, 3.8) is 0 Å². The average molecular weight is 276 g/mol. The first kappa shape index (κ1) is 13.9. The largest absolute Gasteiger partial charge is 0.497 e. The first-order chi connectivity index (χ1) is 9.69. The van der Waals surface area contributed by atoms with Crippen LogP contribution in [-0.4, -0.2) is 31.3 Å². The highest BCUT2D eigenvalue weighted by Crippen LogP contribution is 2.18. The van der Waals surface area contributed by atoms with E-state index >= 15 is 0 Å². The van der Waals surface area contributed by atoms with Crippen LogP contribution in [0.5, 0.6) is 11.5 Å². The lowest BCUT2D eigenvalue weighted by molar-refractivity contribution is 0.0910. The van der Waals surface area contributed by atoms with Crippen molar-refractivity contribution in [3.05, 3.63) is 41.8 Å². The summed E-state index contributed by atoms with van der Waals surface area (Å²) in [5, 5.41) is 6.33. The minimum absolute atomic E-state index is 0.198. The fourth-order valence-electron chi connectivity index (χ4n) is 1.58. The van der Waals surface area contributed by atoms with E-state index in [1.54, 1.807) is 26.2 Å². The Bertz CT molecular complexity index is 580. The minimum Gasteiger partial charge on any atom is -0.497 e. The predicted octanol–water partition coefficient (Wildman–Crippen LogP) is 1.80. The SMILES string of the molecule is COc1cccc(OCCNC(=O)c2cc(C)no2)c1. The molecule has 0 saturated heterocycles. The number of hydrogen-bond acceptors (Lipinski definition) is 5. The number of benzene rings is 1. The fraction of sp³-hybridized carbons (Fsp3) is 0.286. The molecule has 0 atom stereocenters. The van der Waals surface area contributed by atoms with Gasteiger partial charge in [-0.3, -0.25) is 4.79 Å². The number of methoxy groups -OCH3 is 1. The van der Waals surface area contributed by atoms with Crippen LogP contribution in [0.15, 0.2) is 34.9 Å². The minimum atomic E-state index is -0.306. The lowest BCUT2D eigenvalue weighted by Gasteiger charge is -2.08. The second kappa shape index (κ2) is 6.60. The van der Waals surface area contributed by atoms with E-state index in [-0.39, 0.29) is 11.7 Å². The number of aryl methyl sites for hydroxylation is 1. The van der Waals surface area contributed by atoms with Crippen molar-refractivity contribution in [2.75, 3.05) is 20.3 Å². The summed E-state index contributed by atoms with van der Waals surface area (Å²) in [4.78, 5) is 11.6. The van der Waals surface area contributed by atoms with Gasteiger partial charge in [0.25, 0.3) is 5.91 Å². The second-order valence-electron chi connectivity index (χ2n) is 4.12. The number of amides is 1. The van der Waals surface area contributed by atoms with Gasteiger partial charge in [-0.15, -0.1) is 0 Å². The summed E-state index contributed by atoms with van der Waals surface area (Å²) in [6.07, 6.45) is 0. The first-order valence-corrected chi connectivity index (χ1v) is 6.17. The van der Waals surface area contributed by atoms with Gasteiger partial charge in [0.1, 0.15) is 18.1 Å². The van der Waals surface area contributed by atoms with Crippen molar-refractivity contribution in [1.29, 1.82) is 0 Å². The van der Waals surface area contributed by atoms with Gasteiger partial charge < -0.3 is 19.3 Å². The Morgan fingerprint density at radius 3 is 2.85 bits per heavy atom. The molecule has 1 aromatic carbocycles. The Kier molecular flexibility index (Phi) is 4.60. The van der Waals surface area contributed by atoms with Gasteiger partial charge in [0.05, 0.1) is 19.3 Å². The number of nitrogens with zero attached hydrogens (tertiary/aromatic N) is 1. The Hall–Kier alpha value is -2.50. The molecule has 0 saturated carbocycles. The number of nitrogens with one attached hydrogen (secondary N) is 1. The Morgan fingerprint density at radius 1 is 1.35 bits per heavy atom. The lowest BCUT2D eigenvalue weighted by atomic mass is 10.3. The number of hydrogen-bond donors (Lipinski definition) is 1. The van der Waals surface area contributed by atoms with Gasteiger partial charge in [-0.25, -0.2) is 0 Å². The molecule has 6 nitrogen and oxygen atoms in total. The van der Waals surface area contributed by atoms with Crippen LogP contribution in [0.4, 0.5) is 0 Å². The smallest absolute Gasteiger partial charge is 0.290 e. The quantitative estimate of drug-likeness (QED) is 0.814. The molecule has 0 aliphatic heterocycles. The highest BCUT2D eigenvalue weighted by molar-refractivity contribution is 5.91. The molecule has 0 aliphatic rings. The number of aromatic nitrogens is 1. The highest BCUT2D eigenvalue weighted by atomic mass is 16.5. The molecule has 0 unspecified atom stereocenters. The van der Waals surface area contributed by atoms with E-state index in [1.165, 1.54) is 0 Å². The van der Waals surface area contributed by atoms with E-state index in [9.17, 15) is 4.79 Å². The standard InChI is InChI=1S/C14H16N2O4/c1-10-8-13(20-16-10)14(17)15-6-7-19-12-5-3-4-11(9-12)18-2/h3-5,8-9H,6-7H2,1-2H3,(H,15,17). The molecule has 1 amide bonds. The van der Waals surface area contributed by atoms with Crippen LogP contribution in [0.2, 0.25) is 0 Å². The van der Waals surface area contributed by atoms with Crippen molar-refractivity contribution >= 4 is 5.91 Å². The molecule has 0 radical (unpaired) electrons. The van der Waals surface area contributed by atoms with Gasteiger partial charge >= 0.3 is 0 Å². The summed E-state index contributed by atoms with van der Waals surface area (Å²) in [5.41, 5.74) is 0.669. The molecule has 1 heterocycles. The van der Waals surface area contributed by atoms with Crippen molar-refractivity contribution in [2.45, 2.75) is 6.92 Å². The van der Waals surface area contributed by atoms with E-state index in [4.69, 9.17) is 14.0 Å². The van der Waals surface area contributed by atoms with Crippen LogP contribution < -0.4 is 14.8 Å². The molecule has 20 heavy (non-hydrogen) atoms. The Labute approximate surface area is 116 Å². The van der Waals surface area contributed by atoms with Gasteiger partial charge in [-0.1, -0.05) is 11.2 Å². The molecule has 0 bridgehead atoms. The van der Waals surface area contributed by atoms with Crippen molar-refractivity contribution in [2.24, 2.45) is 0 Å². The third-order valence-electron chi connectivity index (χ3n) is 2.55. The van der Waals surface area contributed by atoms with E-state index in [1.807, 2.05) is 18.2 Å². The summed E-state index contributed by atoms with van der Waals surface area (Å²) in [6, 6.07) is 8.86. The summed E-state index contributed by atoms with van der Waals surface area (Å²) in [6.45, 7) is 2.48. The fourth-order valence-corrected chi connectivity index (χ4v) is 1.58. The Balaban J connectivity index is 1.74. The zero-order chi connectivity index (χ0) is 14.4. The molecular weight excluding hydrogens is 260 g/mol. The van der Waals surface area contributed by atoms with Crippen LogP contribution in [0.1, 0.15) is 16.2 Å². The summed E-state index contributed by atoms with van der Waals surface area (Å²) < 4.78 is 15.4. The molecule has 1 N–H and O–H groups in total. The Morgan fingerprint density at radius 2 is 2.15 bits per heavy atom. The number of ether oxygens (including phenoxy) is 2. The highest BCUT2D eigenvalue weighted by Gasteiger charge is 2.10. The average Bonchev–Trinajstić information content (AvgIpc) is 2.90. The monoisotopic (exact) mass is 276 g/mol. The van der Waals surface area contributed by atoms with Crippen molar-refractivity contribution < 1.29 is 18.8 Å². The normalized spacial score (nSPS) is 10.1. The molecule has 1 aromatic heterocycles.